The summed E-state index contributed by atoms with van der Waals surface area (Å²) in [5, 5.41) is 0. The second-order valence-electron chi connectivity index (χ2n) is 3.21. The average molecular weight is 232 g/mol. The van der Waals surface area contributed by atoms with Crippen LogP contribution in [0.25, 0.3) is 0 Å². The van der Waals surface area contributed by atoms with Crippen LogP contribution in [0, 0.1) is 5.92 Å². The summed E-state index contributed by atoms with van der Waals surface area (Å²) >= 11 is 4.71. The predicted octanol–water partition coefficient (Wildman–Crippen LogP) is -0.0699. The van der Waals surface area contributed by atoms with Crippen molar-refractivity contribution in [2.45, 2.75) is 13.3 Å². The molecule has 0 heterocycles. The lowest BCUT2D eigenvalue weighted by Gasteiger charge is -2.20. The molecule has 0 fully saturated rings. The number of nitrogens with zero attached hydrogens (tertiary/aromatic N) is 1. The van der Waals surface area contributed by atoms with E-state index in [1.165, 1.54) is 12.0 Å². The van der Waals surface area contributed by atoms with Crippen molar-refractivity contribution in [1.82, 2.24) is 4.90 Å². The molecule has 0 rings (SSSR count). The highest BCUT2D eigenvalue weighted by Crippen LogP contribution is 2.02. The molecule has 1 amide bonds. The van der Waals surface area contributed by atoms with Crippen LogP contribution < -0.4 is 5.73 Å². The fourth-order valence-corrected chi connectivity index (χ4v) is 1.02. The van der Waals surface area contributed by atoms with Crippen LogP contribution in [0.5, 0.6) is 0 Å². The SMILES string of the molecule is COC(=O)CCN(C)C(=O)C(C)C(N)=S. The Balaban J connectivity index is 4.10. The normalized spacial score (nSPS) is 11.7. The summed E-state index contributed by atoms with van der Waals surface area (Å²) in [5.74, 6) is -1.04. The fourth-order valence-electron chi connectivity index (χ4n) is 0.924. The number of methoxy groups -OCH3 is 1. The maximum Gasteiger partial charge on any atom is 0.307 e. The number of ether oxygens (including phenoxy) is 1. The molecule has 2 N–H and O–H groups in total. The molecule has 0 aromatic rings. The van der Waals surface area contributed by atoms with Crippen molar-refractivity contribution in [2.75, 3.05) is 20.7 Å². The molecule has 0 radical (unpaired) electrons. The van der Waals surface area contributed by atoms with Gasteiger partial charge in [0.05, 0.1) is 24.4 Å². The lowest BCUT2D eigenvalue weighted by atomic mass is 10.1. The summed E-state index contributed by atoms with van der Waals surface area (Å²) in [6.45, 7) is 1.94. The number of nitrogens with two attached hydrogens (primary N) is 1. The molecule has 0 aliphatic carbocycles. The van der Waals surface area contributed by atoms with Gasteiger partial charge < -0.3 is 15.4 Å². The first kappa shape index (κ1) is 13.8. The topological polar surface area (TPSA) is 72.6 Å². The molecule has 0 saturated carbocycles. The van der Waals surface area contributed by atoms with E-state index in [-0.39, 0.29) is 23.3 Å². The Morgan fingerprint density at radius 2 is 2.07 bits per heavy atom. The van der Waals surface area contributed by atoms with Crippen LogP contribution in [0.4, 0.5) is 0 Å². The molecular weight excluding hydrogens is 216 g/mol. The standard InChI is InChI=1S/C9H16N2O3S/c1-6(8(10)15)9(13)11(2)5-4-7(12)14-3/h6H,4-5H2,1-3H3,(H2,10,15). The lowest BCUT2D eigenvalue weighted by molar-refractivity contribution is -0.141. The zero-order valence-electron chi connectivity index (χ0n) is 9.15. The Kier molecular flexibility index (Phi) is 5.84. The second kappa shape index (κ2) is 6.34. The maximum atomic E-state index is 11.6. The van der Waals surface area contributed by atoms with Crippen LogP contribution in [0.3, 0.4) is 0 Å². The molecule has 0 saturated heterocycles. The molecule has 15 heavy (non-hydrogen) atoms. The van der Waals surface area contributed by atoms with Crippen molar-refractivity contribution in [3.05, 3.63) is 0 Å². The van der Waals surface area contributed by atoms with E-state index in [0.717, 1.165) is 0 Å². The number of carbonyl (C=O) groups excluding carboxylic acids is 2. The number of carbonyl (C=O) groups is 2. The Bertz CT molecular complexity index is 268. The van der Waals surface area contributed by atoms with Gasteiger partial charge in [-0.1, -0.05) is 12.2 Å². The first-order valence-electron chi connectivity index (χ1n) is 4.51. The largest absolute Gasteiger partial charge is 0.469 e. The first-order valence-corrected chi connectivity index (χ1v) is 4.92. The minimum Gasteiger partial charge on any atom is -0.469 e. The van der Waals surface area contributed by atoms with E-state index in [9.17, 15) is 9.59 Å². The molecule has 0 bridgehead atoms. The molecule has 0 spiro atoms. The summed E-state index contributed by atoms with van der Waals surface area (Å²) in [4.78, 5) is 24.0. The van der Waals surface area contributed by atoms with Crippen molar-refractivity contribution >= 4 is 29.1 Å². The molecule has 0 aromatic carbocycles. The van der Waals surface area contributed by atoms with Gasteiger partial charge in [-0.2, -0.15) is 0 Å². The minimum atomic E-state index is -0.498. The van der Waals surface area contributed by atoms with Crippen LogP contribution in [-0.2, 0) is 14.3 Å². The van der Waals surface area contributed by atoms with Gasteiger partial charge in [0, 0.05) is 13.6 Å². The zero-order valence-corrected chi connectivity index (χ0v) is 9.97. The van der Waals surface area contributed by atoms with E-state index in [0.29, 0.717) is 6.54 Å². The van der Waals surface area contributed by atoms with Gasteiger partial charge in [-0.25, -0.2) is 0 Å². The van der Waals surface area contributed by atoms with Gasteiger partial charge >= 0.3 is 5.97 Å². The predicted molar refractivity (Wildman–Crippen MR) is 60.2 cm³/mol. The third-order valence-electron chi connectivity index (χ3n) is 2.05. The van der Waals surface area contributed by atoms with Gasteiger partial charge in [0.1, 0.15) is 0 Å². The second-order valence-corrected chi connectivity index (χ2v) is 3.68. The highest BCUT2D eigenvalue weighted by molar-refractivity contribution is 7.80. The number of hydrogen-bond acceptors (Lipinski definition) is 4. The third kappa shape index (κ3) is 4.73. The molecule has 1 atom stereocenters. The average Bonchev–Trinajstić information content (AvgIpc) is 2.22. The first-order chi connectivity index (χ1) is 6.90. The number of rotatable bonds is 5. The maximum absolute atomic E-state index is 11.6. The van der Waals surface area contributed by atoms with Crippen molar-refractivity contribution < 1.29 is 14.3 Å². The summed E-state index contributed by atoms with van der Waals surface area (Å²) in [6.07, 6.45) is 0.169. The van der Waals surface area contributed by atoms with Crippen LogP contribution >= 0.6 is 12.2 Å². The van der Waals surface area contributed by atoms with Crippen LogP contribution in [-0.4, -0.2) is 42.5 Å². The smallest absolute Gasteiger partial charge is 0.307 e. The Morgan fingerprint density at radius 1 is 1.53 bits per heavy atom. The van der Waals surface area contributed by atoms with E-state index < -0.39 is 5.92 Å². The van der Waals surface area contributed by atoms with Crippen LogP contribution in [0.2, 0.25) is 0 Å². The lowest BCUT2D eigenvalue weighted by Crippen LogP contribution is -2.38. The van der Waals surface area contributed by atoms with Crippen molar-refractivity contribution in [3.63, 3.8) is 0 Å². The molecule has 0 aromatic heterocycles. The Hall–Kier alpha value is -1.17. The fraction of sp³-hybridized carbons (Fsp3) is 0.667. The van der Waals surface area contributed by atoms with E-state index in [1.807, 2.05) is 0 Å². The van der Waals surface area contributed by atoms with Gasteiger partial charge in [-0.15, -0.1) is 0 Å². The van der Waals surface area contributed by atoms with Gasteiger partial charge in [-0.05, 0) is 6.92 Å². The third-order valence-corrected chi connectivity index (χ3v) is 2.41. The summed E-state index contributed by atoms with van der Waals surface area (Å²) in [5.41, 5.74) is 5.35. The minimum absolute atomic E-state index is 0.157. The monoisotopic (exact) mass is 232 g/mol. The molecule has 86 valence electrons. The van der Waals surface area contributed by atoms with Crippen LogP contribution in [0.15, 0.2) is 0 Å². The number of thiocarbonyl (C=S) groups is 1. The molecule has 5 nitrogen and oxygen atoms in total. The van der Waals surface area contributed by atoms with E-state index in [2.05, 4.69) is 4.74 Å². The van der Waals surface area contributed by atoms with Gasteiger partial charge in [0.2, 0.25) is 5.91 Å². The van der Waals surface area contributed by atoms with E-state index in [4.69, 9.17) is 18.0 Å². The molecule has 6 heteroatoms. The summed E-state index contributed by atoms with van der Waals surface area (Å²) in [6, 6.07) is 0. The van der Waals surface area contributed by atoms with Crippen LogP contribution in [0.1, 0.15) is 13.3 Å². The van der Waals surface area contributed by atoms with Gasteiger partial charge in [0.25, 0.3) is 0 Å². The molecule has 0 aliphatic heterocycles. The summed E-state index contributed by atoms with van der Waals surface area (Å²) in [7, 11) is 2.90. The highest BCUT2D eigenvalue weighted by atomic mass is 32.1. The van der Waals surface area contributed by atoms with Gasteiger partial charge in [-0.3, -0.25) is 9.59 Å². The van der Waals surface area contributed by atoms with Gasteiger partial charge in [0.15, 0.2) is 0 Å². The highest BCUT2D eigenvalue weighted by Gasteiger charge is 2.20. The number of amides is 1. The Morgan fingerprint density at radius 3 is 2.47 bits per heavy atom. The molecular formula is C9H16N2O3S. The zero-order chi connectivity index (χ0) is 12.0. The van der Waals surface area contributed by atoms with Crippen molar-refractivity contribution in [2.24, 2.45) is 11.7 Å². The number of esters is 1. The molecule has 0 aliphatic rings. The quantitative estimate of drug-likeness (QED) is 0.530. The molecule has 1 unspecified atom stereocenters. The van der Waals surface area contributed by atoms with E-state index >= 15 is 0 Å². The number of hydrogen-bond donors (Lipinski definition) is 1. The summed E-state index contributed by atoms with van der Waals surface area (Å²) < 4.78 is 4.46. The van der Waals surface area contributed by atoms with E-state index in [1.54, 1.807) is 14.0 Å². The van der Waals surface area contributed by atoms with Crippen molar-refractivity contribution in [3.8, 4) is 0 Å². The van der Waals surface area contributed by atoms with Crippen molar-refractivity contribution in [1.29, 1.82) is 0 Å². The Labute approximate surface area is 94.6 Å².